The molecule has 0 bridgehead atoms. The van der Waals surface area contributed by atoms with Gasteiger partial charge in [-0.2, -0.15) is 0 Å². The number of fused-ring (bicyclic) bond motifs is 2. The maximum Gasteiger partial charge on any atom is 0.124 e. The highest BCUT2D eigenvalue weighted by Gasteiger charge is 2.18. The Balaban J connectivity index is 1.42. The molecule has 0 fully saturated rings. The van der Waals surface area contributed by atoms with Gasteiger partial charge in [0.05, 0.1) is 5.52 Å². The molecule has 3 aromatic rings. The molecule has 4 nitrogen and oxygen atoms in total. The highest BCUT2D eigenvalue weighted by atomic mass is 19.1. The van der Waals surface area contributed by atoms with Crippen LogP contribution in [0.3, 0.4) is 0 Å². The number of aryl methyl sites for hydroxylation is 1. The van der Waals surface area contributed by atoms with E-state index in [2.05, 4.69) is 19.9 Å². The molecule has 1 aliphatic rings. The van der Waals surface area contributed by atoms with Crippen molar-refractivity contribution in [3.05, 3.63) is 60.1 Å². The molecule has 0 amide bonds. The van der Waals surface area contributed by atoms with E-state index in [1.54, 1.807) is 12.3 Å². The van der Waals surface area contributed by atoms with Gasteiger partial charge >= 0.3 is 0 Å². The summed E-state index contributed by atoms with van der Waals surface area (Å²) in [7, 11) is 0. The minimum atomic E-state index is -0.206. The van der Waals surface area contributed by atoms with E-state index in [0.29, 0.717) is 12.5 Å². The molecule has 2 aromatic heterocycles. The third kappa shape index (κ3) is 2.97. The Bertz CT molecular complexity index is 827. The Kier molecular flexibility index (Phi) is 3.79. The van der Waals surface area contributed by atoms with Crippen LogP contribution in [0.5, 0.6) is 0 Å². The normalized spacial score (nSPS) is 17.3. The van der Waals surface area contributed by atoms with Crippen molar-refractivity contribution in [3.63, 3.8) is 0 Å². The first-order valence-electron chi connectivity index (χ1n) is 8.03. The number of pyridine rings is 1. The minimum absolute atomic E-state index is 0.206. The summed E-state index contributed by atoms with van der Waals surface area (Å²) in [5.41, 5.74) is 1.79. The van der Waals surface area contributed by atoms with Crippen molar-refractivity contribution in [2.45, 2.75) is 25.9 Å². The summed E-state index contributed by atoms with van der Waals surface area (Å²) < 4.78 is 16.0. The van der Waals surface area contributed by atoms with Crippen molar-refractivity contribution in [1.29, 1.82) is 0 Å². The van der Waals surface area contributed by atoms with Crippen LogP contribution in [0.2, 0.25) is 0 Å². The quantitative estimate of drug-likeness (QED) is 0.806. The number of benzene rings is 1. The average Bonchev–Trinajstić information content (AvgIpc) is 3.02. The Morgan fingerprint density at radius 1 is 1.26 bits per heavy atom. The molecule has 1 aromatic carbocycles. The summed E-state index contributed by atoms with van der Waals surface area (Å²) >= 11 is 0. The Morgan fingerprint density at radius 2 is 2.22 bits per heavy atom. The van der Waals surface area contributed by atoms with E-state index in [9.17, 15) is 4.39 Å². The Hall–Kier alpha value is -2.27. The summed E-state index contributed by atoms with van der Waals surface area (Å²) in [6.07, 6.45) is 7.85. The van der Waals surface area contributed by atoms with E-state index in [-0.39, 0.29) is 5.82 Å². The lowest BCUT2D eigenvalue weighted by atomic mass is 9.99. The van der Waals surface area contributed by atoms with E-state index < -0.39 is 0 Å². The fourth-order valence-electron chi connectivity index (χ4n) is 3.38. The molecule has 1 atom stereocenters. The Labute approximate surface area is 134 Å². The van der Waals surface area contributed by atoms with Gasteiger partial charge in [0.2, 0.25) is 0 Å². The monoisotopic (exact) mass is 310 g/mol. The van der Waals surface area contributed by atoms with Crippen LogP contribution in [0.1, 0.15) is 17.8 Å². The number of halogens is 1. The molecule has 1 N–H and O–H groups in total. The number of imidazole rings is 1. The SMILES string of the molecule is Fc1cc(CNC[C@H]2CCc3nccn3C2)c2ncccc2c1. The van der Waals surface area contributed by atoms with Gasteiger partial charge in [-0.25, -0.2) is 9.37 Å². The maximum atomic E-state index is 13.7. The van der Waals surface area contributed by atoms with Crippen molar-refractivity contribution in [3.8, 4) is 0 Å². The predicted molar refractivity (Wildman–Crippen MR) is 87.4 cm³/mol. The number of rotatable bonds is 4. The summed E-state index contributed by atoms with van der Waals surface area (Å²) in [6.45, 7) is 2.56. The lowest BCUT2D eigenvalue weighted by Gasteiger charge is -2.24. The molecular weight excluding hydrogens is 291 g/mol. The predicted octanol–water partition coefficient (Wildman–Crippen LogP) is 2.92. The van der Waals surface area contributed by atoms with Gasteiger partial charge in [-0.1, -0.05) is 6.07 Å². The van der Waals surface area contributed by atoms with Gasteiger partial charge in [0, 0.05) is 43.5 Å². The van der Waals surface area contributed by atoms with Crippen molar-refractivity contribution in [2.24, 2.45) is 5.92 Å². The molecule has 0 unspecified atom stereocenters. The average molecular weight is 310 g/mol. The molecule has 23 heavy (non-hydrogen) atoms. The van der Waals surface area contributed by atoms with Crippen LogP contribution < -0.4 is 5.32 Å². The molecule has 0 aliphatic carbocycles. The molecule has 118 valence electrons. The first kappa shape index (κ1) is 14.3. The second-order valence-electron chi connectivity index (χ2n) is 6.17. The molecule has 3 heterocycles. The highest BCUT2D eigenvalue weighted by molar-refractivity contribution is 5.81. The first-order valence-corrected chi connectivity index (χ1v) is 8.03. The molecule has 4 rings (SSSR count). The van der Waals surface area contributed by atoms with Crippen molar-refractivity contribution in [1.82, 2.24) is 19.9 Å². The summed E-state index contributed by atoms with van der Waals surface area (Å²) in [6, 6.07) is 6.85. The van der Waals surface area contributed by atoms with Gasteiger partial charge < -0.3 is 9.88 Å². The zero-order valence-corrected chi connectivity index (χ0v) is 12.9. The zero-order chi connectivity index (χ0) is 15.6. The van der Waals surface area contributed by atoms with Crippen molar-refractivity contribution in [2.75, 3.05) is 6.54 Å². The van der Waals surface area contributed by atoms with E-state index in [1.165, 1.54) is 11.9 Å². The highest BCUT2D eigenvalue weighted by Crippen LogP contribution is 2.20. The third-order valence-electron chi connectivity index (χ3n) is 4.53. The van der Waals surface area contributed by atoms with E-state index in [4.69, 9.17) is 0 Å². The van der Waals surface area contributed by atoms with E-state index >= 15 is 0 Å². The van der Waals surface area contributed by atoms with Gasteiger partial charge in [-0.15, -0.1) is 0 Å². The molecular formula is C18H19FN4. The molecule has 5 heteroatoms. The van der Waals surface area contributed by atoms with Crippen LogP contribution in [0, 0.1) is 11.7 Å². The molecule has 0 spiro atoms. The topological polar surface area (TPSA) is 42.7 Å². The van der Waals surface area contributed by atoms with E-state index in [1.807, 2.05) is 24.5 Å². The third-order valence-corrected chi connectivity index (χ3v) is 4.53. The first-order chi connectivity index (χ1) is 11.3. The van der Waals surface area contributed by atoms with Crippen LogP contribution in [-0.4, -0.2) is 21.1 Å². The largest absolute Gasteiger partial charge is 0.335 e. The standard InChI is InChI=1S/C18H19FN4/c19-16-8-14-2-1-5-22-18(14)15(9-16)11-20-10-13-3-4-17-21-6-7-23(17)12-13/h1-2,5-9,13,20H,3-4,10-12H2/t13-/m1/s1. The van der Waals surface area contributed by atoms with Crippen LogP contribution >= 0.6 is 0 Å². The van der Waals surface area contributed by atoms with Crippen LogP contribution in [0.15, 0.2) is 42.9 Å². The molecule has 1 aliphatic heterocycles. The van der Waals surface area contributed by atoms with E-state index in [0.717, 1.165) is 42.4 Å². The van der Waals surface area contributed by atoms with Gasteiger partial charge in [0.1, 0.15) is 11.6 Å². The molecule has 0 saturated heterocycles. The zero-order valence-electron chi connectivity index (χ0n) is 12.9. The van der Waals surface area contributed by atoms with Crippen LogP contribution in [0.4, 0.5) is 4.39 Å². The number of nitrogens with one attached hydrogen (secondary N) is 1. The Morgan fingerprint density at radius 3 is 3.17 bits per heavy atom. The number of nitrogens with zero attached hydrogens (tertiary/aromatic N) is 3. The maximum absolute atomic E-state index is 13.7. The van der Waals surface area contributed by atoms with Crippen LogP contribution in [-0.2, 0) is 19.5 Å². The van der Waals surface area contributed by atoms with Crippen molar-refractivity contribution >= 4 is 10.9 Å². The summed E-state index contributed by atoms with van der Waals surface area (Å²) in [4.78, 5) is 8.75. The fourth-order valence-corrected chi connectivity index (χ4v) is 3.38. The number of hydrogen-bond donors (Lipinski definition) is 1. The fraction of sp³-hybridized carbons (Fsp3) is 0.333. The van der Waals surface area contributed by atoms with Gasteiger partial charge in [-0.3, -0.25) is 4.98 Å². The lowest BCUT2D eigenvalue weighted by molar-refractivity contribution is 0.347. The molecule has 0 radical (unpaired) electrons. The molecule has 0 saturated carbocycles. The number of hydrogen-bond acceptors (Lipinski definition) is 3. The second kappa shape index (κ2) is 6.08. The minimum Gasteiger partial charge on any atom is -0.335 e. The second-order valence-corrected chi connectivity index (χ2v) is 6.17. The van der Waals surface area contributed by atoms with Crippen molar-refractivity contribution < 1.29 is 4.39 Å². The summed E-state index contributed by atoms with van der Waals surface area (Å²) in [5, 5.41) is 4.33. The van der Waals surface area contributed by atoms with Crippen LogP contribution in [0.25, 0.3) is 10.9 Å². The number of aromatic nitrogens is 3. The summed E-state index contributed by atoms with van der Waals surface area (Å²) in [5.74, 6) is 1.56. The van der Waals surface area contributed by atoms with Gasteiger partial charge in [0.15, 0.2) is 0 Å². The smallest absolute Gasteiger partial charge is 0.124 e. The van der Waals surface area contributed by atoms with Gasteiger partial charge in [0.25, 0.3) is 0 Å². The lowest BCUT2D eigenvalue weighted by Crippen LogP contribution is -2.29. The van der Waals surface area contributed by atoms with Gasteiger partial charge in [-0.05, 0) is 42.6 Å².